The van der Waals surface area contributed by atoms with Crippen LogP contribution >= 0.6 is 15.9 Å². The van der Waals surface area contributed by atoms with Crippen LogP contribution in [0.15, 0.2) is 35.1 Å². The van der Waals surface area contributed by atoms with E-state index < -0.39 is 5.91 Å². The van der Waals surface area contributed by atoms with E-state index in [1.54, 1.807) is 12.3 Å². The van der Waals surface area contributed by atoms with Crippen molar-refractivity contribution in [2.24, 2.45) is 5.73 Å². The predicted molar refractivity (Wildman–Crippen MR) is 53.6 cm³/mol. The molecule has 3 nitrogen and oxygen atoms in total. The van der Waals surface area contributed by atoms with Crippen LogP contribution in [0.2, 0.25) is 0 Å². The number of hydrogen-bond acceptors (Lipinski definition) is 1. The zero-order chi connectivity index (χ0) is 9.42. The number of hydrogen-bond donors (Lipinski definition) is 1. The molecule has 0 aliphatic heterocycles. The minimum absolute atomic E-state index is 0.410. The number of amides is 1. The maximum atomic E-state index is 10.8. The summed E-state index contributed by atoms with van der Waals surface area (Å²) in [4.78, 5) is 10.8. The van der Waals surface area contributed by atoms with Crippen molar-refractivity contribution in [3.63, 3.8) is 0 Å². The zero-order valence-corrected chi connectivity index (χ0v) is 8.28. The molecule has 0 aliphatic carbocycles. The van der Waals surface area contributed by atoms with Crippen LogP contribution in [0.25, 0.3) is 5.52 Å². The first-order valence-electron chi connectivity index (χ1n) is 3.74. The highest BCUT2D eigenvalue weighted by Gasteiger charge is 2.01. The molecule has 2 rings (SSSR count). The molecule has 0 atom stereocenters. The van der Waals surface area contributed by atoms with Gasteiger partial charge in [-0.05, 0) is 34.1 Å². The molecular formula is C9H7BrN2O. The van der Waals surface area contributed by atoms with Crippen molar-refractivity contribution in [1.29, 1.82) is 0 Å². The number of aromatic nitrogens is 1. The number of carbonyl (C=O) groups excluding carboxylic acids is 1. The van der Waals surface area contributed by atoms with E-state index in [-0.39, 0.29) is 0 Å². The molecule has 66 valence electrons. The van der Waals surface area contributed by atoms with Crippen molar-refractivity contribution < 1.29 is 4.79 Å². The van der Waals surface area contributed by atoms with Gasteiger partial charge in [0, 0.05) is 22.4 Å². The third kappa shape index (κ3) is 1.45. The number of fused-ring (bicyclic) bond motifs is 1. The van der Waals surface area contributed by atoms with Gasteiger partial charge in [-0.25, -0.2) is 0 Å². The van der Waals surface area contributed by atoms with Gasteiger partial charge >= 0.3 is 0 Å². The van der Waals surface area contributed by atoms with E-state index in [0.29, 0.717) is 5.56 Å². The number of carbonyl (C=O) groups is 1. The average Bonchev–Trinajstić information content (AvgIpc) is 2.42. The van der Waals surface area contributed by atoms with E-state index in [9.17, 15) is 4.79 Å². The summed E-state index contributed by atoms with van der Waals surface area (Å²) in [6.45, 7) is 0. The maximum absolute atomic E-state index is 10.8. The summed E-state index contributed by atoms with van der Waals surface area (Å²) >= 11 is 3.35. The van der Waals surface area contributed by atoms with Crippen LogP contribution < -0.4 is 5.73 Å². The Morgan fingerprint density at radius 1 is 1.38 bits per heavy atom. The number of halogens is 1. The number of primary amides is 1. The number of pyridine rings is 1. The highest BCUT2D eigenvalue weighted by atomic mass is 79.9. The van der Waals surface area contributed by atoms with Gasteiger partial charge in [0.05, 0.1) is 5.56 Å². The summed E-state index contributed by atoms with van der Waals surface area (Å²) in [5.74, 6) is -0.410. The van der Waals surface area contributed by atoms with Crippen LogP contribution in [0.5, 0.6) is 0 Å². The molecule has 0 radical (unpaired) electrons. The van der Waals surface area contributed by atoms with Gasteiger partial charge < -0.3 is 10.1 Å². The quantitative estimate of drug-likeness (QED) is 0.810. The second-order valence-electron chi connectivity index (χ2n) is 2.77. The first kappa shape index (κ1) is 8.31. The van der Waals surface area contributed by atoms with Crippen molar-refractivity contribution >= 4 is 27.4 Å². The molecular weight excluding hydrogens is 232 g/mol. The lowest BCUT2D eigenvalue weighted by Gasteiger charge is -1.97. The first-order chi connectivity index (χ1) is 6.16. The molecule has 0 saturated heterocycles. The predicted octanol–water partition coefficient (Wildman–Crippen LogP) is 1.80. The van der Waals surface area contributed by atoms with Crippen molar-refractivity contribution in [2.45, 2.75) is 0 Å². The van der Waals surface area contributed by atoms with Crippen LogP contribution in [0.1, 0.15) is 10.4 Å². The number of rotatable bonds is 1. The summed E-state index contributed by atoms with van der Waals surface area (Å²) in [5.41, 5.74) is 6.68. The lowest BCUT2D eigenvalue weighted by Crippen LogP contribution is -2.11. The van der Waals surface area contributed by atoms with E-state index in [2.05, 4.69) is 15.9 Å². The smallest absolute Gasteiger partial charge is 0.250 e. The molecule has 0 spiro atoms. The summed E-state index contributed by atoms with van der Waals surface area (Å²) in [6, 6.07) is 5.53. The highest BCUT2D eigenvalue weighted by Crippen LogP contribution is 2.16. The normalized spacial score (nSPS) is 10.5. The van der Waals surface area contributed by atoms with Crippen LogP contribution in [0.4, 0.5) is 0 Å². The molecule has 2 aromatic heterocycles. The van der Waals surface area contributed by atoms with Gasteiger partial charge in [0.25, 0.3) is 0 Å². The average molecular weight is 239 g/mol. The van der Waals surface area contributed by atoms with Crippen molar-refractivity contribution in [3.05, 3.63) is 40.6 Å². The van der Waals surface area contributed by atoms with Gasteiger partial charge in [-0.1, -0.05) is 0 Å². The molecule has 2 N–H and O–H groups in total. The first-order valence-corrected chi connectivity index (χ1v) is 4.53. The molecule has 0 aliphatic rings. The van der Waals surface area contributed by atoms with Gasteiger partial charge in [0.15, 0.2) is 0 Å². The SMILES string of the molecule is NC(=O)c1ccc2cc(Br)cn2c1. The molecule has 0 bridgehead atoms. The Labute approximate surface area is 83.3 Å². The summed E-state index contributed by atoms with van der Waals surface area (Å²) in [5, 5.41) is 0. The second-order valence-corrected chi connectivity index (χ2v) is 3.69. The zero-order valence-electron chi connectivity index (χ0n) is 6.70. The Morgan fingerprint density at radius 3 is 2.85 bits per heavy atom. The minimum atomic E-state index is -0.410. The van der Waals surface area contributed by atoms with Crippen molar-refractivity contribution in [2.75, 3.05) is 0 Å². The molecule has 0 unspecified atom stereocenters. The molecule has 0 fully saturated rings. The maximum Gasteiger partial charge on any atom is 0.250 e. The Hall–Kier alpha value is -1.29. The van der Waals surface area contributed by atoms with Crippen molar-refractivity contribution in [3.8, 4) is 0 Å². The molecule has 1 amide bonds. The Morgan fingerprint density at radius 2 is 2.15 bits per heavy atom. The largest absolute Gasteiger partial charge is 0.366 e. The van der Waals surface area contributed by atoms with Crippen LogP contribution in [0, 0.1) is 0 Å². The fourth-order valence-corrected chi connectivity index (χ4v) is 1.68. The van der Waals surface area contributed by atoms with Gasteiger partial charge in [0.1, 0.15) is 0 Å². The minimum Gasteiger partial charge on any atom is -0.366 e. The topological polar surface area (TPSA) is 47.5 Å². The van der Waals surface area contributed by atoms with E-state index >= 15 is 0 Å². The van der Waals surface area contributed by atoms with Crippen LogP contribution in [0.3, 0.4) is 0 Å². The fraction of sp³-hybridized carbons (Fsp3) is 0. The molecule has 2 heterocycles. The third-order valence-corrected chi connectivity index (χ3v) is 2.28. The third-order valence-electron chi connectivity index (χ3n) is 1.84. The molecule has 0 saturated carbocycles. The Bertz CT molecular complexity index is 475. The van der Waals surface area contributed by atoms with E-state index in [0.717, 1.165) is 9.99 Å². The van der Waals surface area contributed by atoms with Crippen LogP contribution in [-0.2, 0) is 0 Å². The highest BCUT2D eigenvalue weighted by molar-refractivity contribution is 9.10. The number of nitrogens with zero attached hydrogens (tertiary/aromatic N) is 1. The van der Waals surface area contributed by atoms with E-state index in [1.807, 2.05) is 22.7 Å². The summed E-state index contributed by atoms with van der Waals surface area (Å²) in [6.07, 6.45) is 3.59. The summed E-state index contributed by atoms with van der Waals surface area (Å²) in [7, 11) is 0. The van der Waals surface area contributed by atoms with E-state index in [4.69, 9.17) is 5.73 Å². The Balaban J connectivity index is 2.67. The fourth-order valence-electron chi connectivity index (χ4n) is 1.22. The molecule has 4 heteroatoms. The number of nitrogens with two attached hydrogens (primary N) is 1. The molecule has 0 aromatic carbocycles. The van der Waals surface area contributed by atoms with E-state index in [1.165, 1.54) is 0 Å². The van der Waals surface area contributed by atoms with Crippen molar-refractivity contribution in [1.82, 2.24) is 4.40 Å². The second kappa shape index (κ2) is 2.88. The summed E-state index contributed by atoms with van der Waals surface area (Å²) < 4.78 is 2.83. The molecule has 2 aromatic rings. The van der Waals surface area contributed by atoms with Crippen LogP contribution in [-0.4, -0.2) is 10.3 Å². The van der Waals surface area contributed by atoms with Gasteiger partial charge in [-0.3, -0.25) is 4.79 Å². The lowest BCUT2D eigenvalue weighted by atomic mass is 10.2. The monoisotopic (exact) mass is 238 g/mol. The van der Waals surface area contributed by atoms with Gasteiger partial charge in [-0.15, -0.1) is 0 Å². The Kier molecular flexibility index (Phi) is 1.84. The van der Waals surface area contributed by atoms with Gasteiger partial charge in [-0.2, -0.15) is 0 Å². The lowest BCUT2D eigenvalue weighted by molar-refractivity contribution is 0.1000. The molecule has 13 heavy (non-hydrogen) atoms. The van der Waals surface area contributed by atoms with Gasteiger partial charge in [0.2, 0.25) is 5.91 Å². The standard InChI is InChI=1S/C9H7BrN2O/c10-7-3-8-2-1-6(9(11)13)4-12(8)5-7/h1-5H,(H2,11,13).